The fraction of sp³-hybridized carbons (Fsp3) is 0.304. The molecule has 0 bridgehead atoms. The summed E-state index contributed by atoms with van der Waals surface area (Å²) in [5.74, 6) is 1.74. The Morgan fingerprint density at radius 2 is 2.00 bits per heavy atom. The molecular weight excluding hydrogens is 392 g/mol. The van der Waals surface area contributed by atoms with Crippen molar-refractivity contribution in [3.05, 3.63) is 66.2 Å². The van der Waals surface area contributed by atoms with Gasteiger partial charge in [0, 0.05) is 55.9 Å². The van der Waals surface area contributed by atoms with Gasteiger partial charge in [0.05, 0.1) is 11.8 Å². The third-order valence-corrected chi connectivity index (χ3v) is 5.74. The Morgan fingerprint density at radius 1 is 1.16 bits per heavy atom. The highest BCUT2D eigenvalue weighted by Gasteiger charge is 2.26. The monoisotopic (exact) mass is 416 g/mol. The number of rotatable bonds is 6. The number of aryl methyl sites for hydroxylation is 1. The molecular formula is C23H24N6O2. The molecule has 8 heteroatoms. The lowest BCUT2D eigenvalue weighted by molar-refractivity contribution is 0.198. The van der Waals surface area contributed by atoms with Gasteiger partial charge in [-0.25, -0.2) is 0 Å². The lowest BCUT2D eigenvalue weighted by Crippen LogP contribution is -2.24. The number of nitrogens with zero attached hydrogens (tertiary/aromatic N) is 6. The van der Waals surface area contributed by atoms with Crippen LogP contribution in [-0.2, 0) is 13.6 Å². The number of likely N-dealkylation sites (tertiary alicyclic amines) is 1. The Balaban J connectivity index is 1.29. The Kier molecular flexibility index (Phi) is 5.21. The van der Waals surface area contributed by atoms with Gasteiger partial charge in [-0.1, -0.05) is 17.3 Å². The first kappa shape index (κ1) is 19.4. The van der Waals surface area contributed by atoms with Crippen molar-refractivity contribution in [2.24, 2.45) is 7.05 Å². The lowest BCUT2D eigenvalue weighted by atomic mass is 10.2. The first-order valence-electron chi connectivity index (χ1n) is 10.4. The van der Waals surface area contributed by atoms with Crippen LogP contribution >= 0.6 is 0 Å². The molecule has 0 amide bonds. The minimum Gasteiger partial charge on any atom is -0.488 e. The van der Waals surface area contributed by atoms with E-state index in [-0.39, 0.29) is 6.10 Å². The Labute approximate surface area is 180 Å². The van der Waals surface area contributed by atoms with Crippen molar-refractivity contribution < 1.29 is 9.26 Å². The van der Waals surface area contributed by atoms with Crippen molar-refractivity contribution in [2.75, 3.05) is 13.1 Å². The Morgan fingerprint density at radius 3 is 2.81 bits per heavy atom. The van der Waals surface area contributed by atoms with Crippen LogP contribution in [0, 0.1) is 6.92 Å². The average Bonchev–Trinajstić information content (AvgIpc) is 3.53. The van der Waals surface area contributed by atoms with Gasteiger partial charge in [0.2, 0.25) is 5.82 Å². The molecule has 1 unspecified atom stereocenters. The third-order valence-electron chi connectivity index (χ3n) is 5.74. The van der Waals surface area contributed by atoms with Gasteiger partial charge in [-0.3, -0.25) is 14.6 Å². The van der Waals surface area contributed by atoms with Crippen molar-refractivity contribution in [3.63, 3.8) is 0 Å². The summed E-state index contributed by atoms with van der Waals surface area (Å²) in [6, 6.07) is 11.5. The second-order valence-electron chi connectivity index (χ2n) is 7.80. The van der Waals surface area contributed by atoms with Gasteiger partial charge in [0.1, 0.15) is 11.9 Å². The van der Waals surface area contributed by atoms with E-state index in [0.717, 1.165) is 42.9 Å². The number of pyridine rings is 1. The number of para-hydroxylation sites is 1. The van der Waals surface area contributed by atoms with E-state index in [1.54, 1.807) is 12.4 Å². The van der Waals surface area contributed by atoms with E-state index < -0.39 is 0 Å². The normalized spacial score (nSPS) is 16.6. The Bertz CT molecular complexity index is 1170. The van der Waals surface area contributed by atoms with Gasteiger partial charge in [-0.2, -0.15) is 10.1 Å². The first-order chi connectivity index (χ1) is 15.2. The highest BCUT2D eigenvalue weighted by atomic mass is 16.5. The van der Waals surface area contributed by atoms with Crippen molar-refractivity contribution in [2.45, 2.75) is 26.0 Å². The summed E-state index contributed by atoms with van der Waals surface area (Å²) in [5, 5.41) is 8.47. The first-order valence-corrected chi connectivity index (χ1v) is 10.4. The number of hydrogen-bond acceptors (Lipinski definition) is 7. The molecule has 0 N–H and O–H groups in total. The fourth-order valence-corrected chi connectivity index (χ4v) is 3.85. The van der Waals surface area contributed by atoms with E-state index in [0.29, 0.717) is 11.7 Å². The molecule has 4 aromatic rings. The molecule has 0 radical (unpaired) electrons. The van der Waals surface area contributed by atoms with E-state index in [9.17, 15) is 0 Å². The molecule has 1 aromatic carbocycles. The molecule has 31 heavy (non-hydrogen) atoms. The van der Waals surface area contributed by atoms with Crippen LogP contribution in [0.1, 0.15) is 17.7 Å². The maximum Gasteiger partial charge on any atom is 0.262 e. The summed E-state index contributed by atoms with van der Waals surface area (Å²) in [4.78, 5) is 11.0. The van der Waals surface area contributed by atoms with E-state index in [1.807, 2.05) is 54.3 Å². The number of ether oxygens (including phenoxy) is 1. The van der Waals surface area contributed by atoms with Crippen molar-refractivity contribution in [3.8, 4) is 28.6 Å². The predicted molar refractivity (Wildman–Crippen MR) is 115 cm³/mol. The fourth-order valence-electron chi connectivity index (χ4n) is 3.85. The molecule has 3 aromatic heterocycles. The second-order valence-corrected chi connectivity index (χ2v) is 7.80. The van der Waals surface area contributed by atoms with Gasteiger partial charge >= 0.3 is 0 Å². The quantitative estimate of drug-likeness (QED) is 0.476. The zero-order valence-electron chi connectivity index (χ0n) is 17.6. The van der Waals surface area contributed by atoms with E-state index in [2.05, 4.69) is 32.0 Å². The summed E-state index contributed by atoms with van der Waals surface area (Å²) >= 11 is 0. The van der Waals surface area contributed by atoms with Crippen molar-refractivity contribution in [1.29, 1.82) is 0 Å². The second kappa shape index (κ2) is 8.31. The largest absolute Gasteiger partial charge is 0.488 e. The summed E-state index contributed by atoms with van der Waals surface area (Å²) < 4.78 is 13.8. The van der Waals surface area contributed by atoms with Gasteiger partial charge in [0.25, 0.3) is 5.89 Å². The van der Waals surface area contributed by atoms with Crippen LogP contribution in [0.5, 0.6) is 5.75 Å². The molecule has 1 fully saturated rings. The van der Waals surface area contributed by atoms with E-state index in [4.69, 9.17) is 9.26 Å². The van der Waals surface area contributed by atoms with Crippen LogP contribution in [0.3, 0.4) is 0 Å². The van der Waals surface area contributed by atoms with E-state index >= 15 is 0 Å². The summed E-state index contributed by atoms with van der Waals surface area (Å²) in [6.45, 7) is 4.86. The highest BCUT2D eigenvalue weighted by molar-refractivity contribution is 5.65. The molecule has 5 rings (SSSR count). The number of benzene rings is 1. The molecule has 4 heterocycles. The van der Waals surface area contributed by atoms with Crippen LogP contribution in [0.15, 0.2) is 59.5 Å². The average molecular weight is 416 g/mol. The molecule has 1 aliphatic rings. The molecule has 1 aliphatic heterocycles. The molecule has 0 aliphatic carbocycles. The molecule has 158 valence electrons. The van der Waals surface area contributed by atoms with Crippen LogP contribution in [0.25, 0.3) is 22.8 Å². The highest BCUT2D eigenvalue weighted by Crippen LogP contribution is 2.32. The van der Waals surface area contributed by atoms with Crippen LogP contribution in [0.4, 0.5) is 0 Å². The molecule has 8 nitrogen and oxygen atoms in total. The zero-order valence-corrected chi connectivity index (χ0v) is 17.6. The topological polar surface area (TPSA) is 82.1 Å². The van der Waals surface area contributed by atoms with Crippen LogP contribution in [-0.4, -0.2) is 49.0 Å². The van der Waals surface area contributed by atoms with Crippen LogP contribution in [0.2, 0.25) is 0 Å². The van der Waals surface area contributed by atoms with Crippen molar-refractivity contribution in [1.82, 2.24) is 29.8 Å². The number of aromatic nitrogens is 5. The zero-order chi connectivity index (χ0) is 21.2. The summed E-state index contributed by atoms with van der Waals surface area (Å²) in [6.07, 6.45) is 6.46. The van der Waals surface area contributed by atoms with Gasteiger partial charge in [-0.05, 0) is 37.6 Å². The minimum absolute atomic E-state index is 0.112. The third kappa shape index (κ3) is 4.06. The minimum atomic E-state index is 0.112. The summed E-state index contributed by atoms with van der Waals surface area (Å²) in [5.41, 5.74) is 4.13. The SMILES string of the molecule is Cc1c(CN2CCC(Oc3ccccc3-c3nc(-c4ccncc4)no3)C2)cnn1C. The molecule has 1 atom stereocenters. The van der Waals surface area contributed by atoms with Gasteiger partial charge in [-0.15, -0.1) is 0 Å². The molecule has 0 saturated carbocycles. The lowest BCUT2D eigenvalue weighted by Gasteiger charge is -2.17. The number of hydrogen-bond donors (Lipinski definition) is 0. The summed E-state index contributed by atoms with van der Waals surface area (Å²) in [7, 11) is 1.98. The predicted octanol–water partition coefficient (Wildman–Crippen LogP) is 3.49. The maximum atomic E-state index is 6.38. The van der Waals surface area contributed by atoms with Gasteiger partial charge in [0.15, 0.2) is 0 Å². The van der Waals surface area contributed by atoms with Gasteiger partial charge < -0.3 is 9.26 Å². The molecule has 0 spiro atoms. The maximum absolute atomic E-state index is 6.38. The molecule has 1 saturated heterocycles. The Hall–Kier alpha value is -3.52. The van der Waals surface area contributed by atoms with Crippen LogP contribution < -0.4 is 4.74 Å². The van der Waals surface area contributed by atoms with Crippen molar-refractivity contribution >= 4 is 0 Å². The van der Waals surface area contributed by atoms with E-state index in [1.165, 1.54) is 11.3 Å². The standard InChI is InChI=1S/C23H24N6O2/c1-16-18(13-25-28(16)2)14-29-12-9-19(15-29)30-21-6-4-3-5-20(21)23-26-22(27-31-23)17-7-10-24-11-8-17/h3-8,10-11,13,19H,9,12,14-15H2,1-2H3. The smallest absolute Gasteiger partial charge is 0.262 e.